The van der Waals surface area contributed by atoms with Crippen molar-refractivity contribution in [2.45, 2.75) is 38.3 Å². The van der Waals surface area contributed by atoms with Crippen LogP contribution in [0.4, 0.5) is 4.79 Å². The Balaban J connectivity index is 2.10. The second-order valence-corrected chi connectivity index (χ2v) is 6.93. The van der Waals surface area contributed by atoms with Crippen molar-refractivity contribution >= 4 is 22.0 Å². The number of rotatable bonds is 10. The second-order valence-electron chi connectivity index (χ2n) is 6.37. The Morgan fingerprint density at radius 1 is 1.16 bits per heavy atom. The van der Waals surface area contributed by atoms with Crippen LogP contribution in [-0.2, 0) is 26.1 Å². The molecule has 0 saturated heterocycles. The van der Waals surface area contributed by atoms with E-state index in [0.717, 1.165) is 22.2 Å². The van der Waals surface area contributed by atoms with Crippen LogP contribution < -0.4 is 10.1 Å². The average Bonchev–Trinajstić information content (AvgIpc) is 2.55. The Morgan fingerprint density at radius 2 is 1.88 bits per heavy atom. The fraction of sp³-hybridized carbons (Fsp3) is 0.611. The molecule has 1 amide bonds. The van der Waals surface area contributed by atoms with Gasteiger partial charge < -0.3 is 24.3 Å². The number of carbonyl (C=O) groups is 1. The molecule has 0 heterocycles. The Labute approximate surface area is 158 Å². The van der Waals surface area contributed by atoms with E-state index in [9.17, 15) is 4.79 Å². The minimum Gasteiger partial charge on any atom is -0.496 e. The van der Waals surface area contributed by atoms with Gasteiger partial charge in [0.25, 0.3) is 0 Å². The molecule has 0 aliphatic heterocycles. The topological polar surface area (TPSA) is 66.0 Å². The van der Waals surface area contributed by atoms with Crippen LogP contribution in [0.3, 0.4) is 0 Å². The molecule has 0 unspecified atom stereocenters. The summed E-state index contributed by atoms with van der Waals surface area (Å²) in [6, 6.07) is 6.01. The van der Waals surface area contributed by atoms with Gasteiger partial charge in [-0.25, -0.2) is 4.79 Å². The molecule has 0 radical (unpaired) electrons. The number of hydrogen-bond donors (Lipinski definition) is 1. The van der Waals surface area contributed by atoms with Gasteiger partial charge in [0.05, 0.1) is 33.5 Å². The molecular weight excluding hydrogens is 390 g/mol. The summed E-state index contributed by atoms with van der Waals surface area (Å²) in [4.78, 5) is 11.4. The van der Waals surface area contributed by atoms with Crippen molar-refractivity contribution in [2.75, 3.05) is 33.5 Å². The number of benzene rings is 1. The normalized spacial score (nSPS) is 11.2. The lowest BCUT2D eigenvalue weighted by atomic mass is 10.1. The van der Waals surface area contributed by atoms with Crippen molar-refractivity contribution in [3.05, 3.63) is 29.3 Å². The van der Waals surface area contributed by atoms with Gasteiger partial charge in [0.1, 0.15) is 11.4 Å². The third kappa shape index (κ3) is 9.67. The first kappa shape index (κ1) is 21.7. The van der Waals surface area contributed by atoms with E-state index in [-0.39, 0.29) is 0 Å². The maximum atomic E-state index is 11.4. The molecule has 1 rings (SSSR count). The third-order valence-corrected chi connectivity index (χ3v) is 3.65. The van der Waals surface area contributed by atoms with Crippen LogP contribution in [0.25, 0.3) is 0 Å². The van der Waals surface area contributed by atoms with Crippen molar-refractivity contribution in [3.63, 3.8) is 0 Å². The van der Waals surface area contributed by atoms with Gasteiger partial charge in [-0.1, -0.05) is 28.1 Å². The van der Waals surface area contributed by atoms with E-state index in [4.69, 9.17) is 18.9 Å². The van der Waals surface area contributed by atoms with Gasteiger partial charge in [-0.2, -0.15) is 0 Å². The summed E-state index contributed by atoms with van der Waals surface area (Å²) in [6.07, 6.45) is -0.437. The predicted octanol–water partition coefficient (Wildman–Crippen LogP) is 3.65. The van der Waals surface area contributed by atoms with Crippen LogP contribution in [0.2, 0.25) is 0 Å². The molecule has 0 fully saturated rings. The lowest BCUT2D eigenvalue weighted by Gasteiger charge is -2.19. The van der Waals surface area contributed by atoms with E-state index in [1.165, 1.54) is 0 Å². The molecule has 0 aliphatic rings. The van der Waals surface area contributed by atoms with E-state index in [0.29, 0.717) is 33.0 Å². The van der Waals surface area contributed by atoms with Gasteiger partial charge in [-0.15, -0.1) is 0 Å². The standard InChI is InChI=1S/C18H28BrNO5/c1-18(2,3)25-17(21)20-7-8-23-9-10-24-13-14-5-6-15(12-19)16(11-14)22-4/h5-6,11H,7-10,12-13H2,1-4H3,(H,20,21). The number of hydrogen-bond acceptors (Lipinski definition) is 5. The molecular formula is C18H28BrNO5. The molecule has 7 heteroatoms. The first-order valence-corrected chi connectivity index (χ1v) is 9.32. The summed E-state index contributed by atoms with van der Waals surface area (Å²) in [5.41, 5.74) is 1.66. The van der Waals surface area contributed by atoms with Crippen molar-refractivity contribution in [3.8, 4) is 5.75 Å². The number of ether oxygens (including phenoxy) is 4. The monoisotopic (exact) mass is 417 g/mol. The molecule has 6 nitrogen and oxygen atoms in total. The Kier molecular flexibility index (Phi) is 9.85. The molecule has 0 saturated carbocycles. The highest BCUT2D eigenvalue weighted by Gasteiger charge is 2.15. The molecule has 0 atom stereocenters. The molecule has 142 valence electrons. The maximum absolute atomic E-state index is 11.4. The highest BCUT2D eigenvalue weighted by Crippen LogP contribution is 2.22. The van der Waals surface area contributed by atoms with Gasteiger partial charge in [-0.3, -0.25) is 0 Å². The van der Waals surface area contributed by atoms with E-state index in [1.807, 2.05) is 39.0 Å². The van der Waals surface area contributed by atoms with Crippen LogP contribution in [0.1, 0.15) is 31.9 Å². The fourth-order valence-electron chi connectivity index (χ4n) is 1.94. The minimum atomic E-state index is -0.492. The summed E-state index contributed by atoms with van der Waals surface area (Å²) in [5.74, 6) is 0.849. The number of carbonyl (C=O) groups excluding carboxylic acids is 1. The Bertz CT molecular complexity index is 531. The smallest absolute Gasteiger partial charge is 0.407 e. The summed E-state index contributed by atoms with van der Waals surface area (Å²) in [5, 5.41) is 3.39. The fourth-order valence-corrected chi connectivity index (χ4v) is 2.40. The van der Waals surface area contributed by atoms with Crippen LogP contribution in [-0.4, -0.2) is 45.2 Å². The zero-order valence-corrected chi connectivity index (χ0v) is 17.0. The van der Waals surface area contributed by atoms with Crippen molar-refractivity contribution in [1.29, 1.82) is 0 Å². The van der Waals surface area contributed by atoms with Crippen molar-refractivity contribution in [2.24, 2.45) is 0 Å². The molecule has 1 aromatic rings. The van der Waals surface area contributed by atoms with Gasteiger partial charge in [0.2, 0.25) is 0 Å². The molecule has 25 heavy (non-hydrogen) atoms. The van der Waals surface area contributed by atoms with E-state index >= 15 is 0 Å². The molecule has 1 aromatic carbocycles. The van der Waals surface area contributed by atoms with Gasteiger partial charge in [0, 0.05) is 17.4 Å². The largest absolute Gasteiger partial charge is 0.496 e. The number of alkyl halides is 1. The number of alkyl carbamates (subject to hydrolysis) is 1. The van der Waals surface area contributed by atoms with Crippen molar-refractivity contribution < 1.29 is 23.7 Å². The van der Waals surface area contributed by atoms with Crippen LogP contribution in [0.15, 0.2) is 18.2 Å². The van der Waals surface area contributed by atoms with Gasteiger partial charge in [0.15, 0.2) is 0 Å². The van der Waals surface area contributed by atoms with E-state index in [2.05, 4.69) is 21.2 Å². The van der Waals surface area contributed by atoms with Gasteiger partial charge >= 0.3 is 6.09 Å². The molecule has 0 aliphatic carbocycles. The molecule has 1 N–H and O–H groups in total. The van der Waals surface area contributed by atoms with Crippen LogP contribution in [0, 0.1) is 0 Å². The number of nitrogens with one attached hydrogen (secondary N) is 1. The summed E-state index contributed by atoms with van der Waals surface area (Å²) < 4.78 is 21.5. The lowest BCUT2D eigenvalue weighted by Crippen LogP contribution is -2.34. The summed E-state index contributed by atoms with van der Waals surface area (Å²) >= 11 is 3.43. The molecule has 0 spiro atoms. The average molecular weight is 418 g/mol. The Morgan fingerprint density at radius 3 is 2.52 bits per heavy atom. The zero-order chi connectivity index (χ0) is 18.7. The highest BCUT2D eigenvalue weighted by molar-refractivity contribution is 9.08. The quantitative estimate of drug-likeness (QED) is 0.464. The summed E-state index contributed by atoms with van der Waals surface area (Å²) in [7, 11) is 1.66. The number of halogens is 1. The van der Waals surface area contributed by atoms with Crippen LogP contribution >= 0.6 is 15.9 Å². The predicted molar refractivity (Wildman–Crippen MR) is 100 cm³/mol. The minimum absolute atomic E-state index is 0.403. The summed E-state index contributed by atoms with van der Waals surface area (Å²) in [6.45, 7) is 7.73. The third-order valence-electron chi connectivity index (χ3n) is 3.05. The molecule has 0 aromatic heterocycles. The first-order chi connectivity index (χ1) is 11.9. The number of methoxy groups -OCH3 is 1. The number of amides is 1. The van der Waals surface area contributed by atoms with E-state index in [1.54, 1.807) is 7.11 Å². The lowest BCUT2D eigenvalue weighted by molar-refractivity contribution is 0.0355. The maximum Gasteiger partial charge on any atom is 0.407 e. The first-order valence-electron chi connectivity index (χ1n) is 8.20. The SMILES string of the molecule is COc1cc(COCCOCCNC(=O)OC(C)(C)C)ccc1CBr. The molecule has 0 bridgehead atoms. The Hall–Kier alpha value is -1.31. The highest BCUT2D eigenvalue weighted by atomic mass is 79.9. The van der Waals surface area contributed by atoms with Crippen LogP contribution in [0.5, 0.6) is 5.75 Å². The van der Waals surface area contributed by atoms with Gasteiger partial charge in [-0.05, 0) is 32.4 Å². The second kappa shape index (κ2) is 11.3. The zero-order valence-electron chi connectivity index (χ0n) is 15.4. The van der Waals surface area contributed by atoms with Crippen molar-refractivity contribution in [1.82, 2.24) is 5.32 Å². The van der Waals surface area contributed by atoms with E-state index < -0.39 is 11.7 Å².